The van der Waals surface area contributed by atoms with Gasteiger partial charge in [-0.15, -0.1) is 0 Å². The fourth-order valence-corrected chi connectivity index (χ4v) is 2.61. The molecule has 0 aliphatic carbocycles. The van der Waals surface area contributed by atoms with E-state index in [0.717, 1.165) is 28.1 Å². The number of hydrogen-bond acceptors (Lipinski definition) is 3. The second-order valence-electron chi connectivity index (χ2n) is 5.88. The Hall–Kier alpha value is -2.89. The maximum Gasteiger partial charge on any atom is 0.244 e. The second-order valence-corrected chi connectivity index (χ2v) is 5.88. The molecule has 3 aromatic rings. The summed E-state index contributed by atoms with van der Waals surface area (Å²) in [7, 11) is 0. The maximum atomic E-state index is 12.4. The van der Waals surface area contributed by atoms with Crippen molar-refractivity contribution in [2.45, 2.75) is 33.4 Å². The molecular formula is C18H21N5O. The van der Waals surface area contributed by atoms with Gasteiger partial charge in [0.15, 0.2) is 0 Å². The number of amides is 1. The number of carbonyl (C=O) groups is 1. The lowest BCUT2D eigenvalue weighted by atomic mass is 10.1. The molecule has 0 saturated heterocycles. The zero-order chi connectivity index (χ0) is 17.1. The van der Waals surface area contributed by atoms with Crippen LogP contribution < -0.4 is 5.32 Å². The molecule has 124 valence electrons. The number of aromatic amines is 1. The van der Waals surface area contributed by atoms with Crippen molar-refractivity contribution < 1.29 is 4.79 Å². The molecule has 0 aliphatic heterocycles. The predicted octanol–water partition coefficient (Wildman–Crippen LogP) is 2.77. The largest absolute Gasteiger partial charge is 0.350 e. The van der Waals surface area contributed by atoms with Gasteiger partial charge in [-0.2, -0.15) is 10.2 Å². The van der Waals surface area contributed by atoms with E-state index >= 15 is 0 Å². The van der Waals surface area contributed by atoms with Crippen molar-refractivity contribution in [1.82, 2.24) is 25.3 Å². The number of H-pyrrole nitrogens is 1. The van der Waals surface area contributed by atoms with Gasteiger partial charge in [0.2, 0.25) is 5.91 Å². The number of hydrogen-bond donors (Lipinski definition) is 2. The van der Waals surface area contributed by atoms with Gasteiger partial charge in [0, 0.05) is 29.6 Å². The highest BCUT2D eigenvalue weighted by molar-refractivity contribution is 5.80. The third kappa shape index (κ3) is 3.22. The molecule has 24 heavy (non-hydrogen) atoms. The van der Waals surface area contributed by atoms with Crippen LogP contribution in [0.2, 0.25) is 0 Å². The predicted molar refractivity (Wildman–Crippen MR) is 92.3 cm³/mol. The van der Waals surface area contributed by atoms with E-state index in [2.05, 4.69) is 20.6 Å². The van der Waals surface area contributed by atoms with Crippen molar-refractivity contribution >= 4 is 5.91 Å². The maximum absolute atomic E-state index is 12.4. The SMILES string of the molecule is Cc1n[nH]c(C)c1CNC(=O)C(C)n1cc(-c2ccccc2)cn1. The third-order valence-corrected chi connectivity index (χ3v) is 4.20. The summed E-state index contributed by atoms with van der Waals surface area (Å²) in [6.07, 6.45) is 3.68. The summed E-state index contributed by atoms with van der Waals surface area (Å²) in [4.78, 5) is 12.4. The van der Waals surface area contributed by atoms with Crippen LogP contribution in [0, 0.1) is 13.8 Å². The molecule has 1 aromatic carbocycles. The van der Waals surface area contributed by atoms with Crippen LogP contribution in [0.25, 0.3) is 11.1 Å². The Bertz CT molecular complexity index is 815. The molecular weight excluding hydrogens is 302 g/mol. The molecule has 6 nitrogen and oxygen atoms in total. The quantitative estimate of drug-likeness (QED) is 0.758. The third-order valence-electron chi connectivity index (χ3n) is 4.20. The first-order valence-corrected chi connectivity index (χ1v) is 7.94. The Kier molecular flexibility index (Phi) is 4.46. The van der Waals surface area contributed by atoms with Crippen molar-refractivity contribution in [3.8, 4) is 11.1 Å². The highest BCUT2D eigenvalue weighted by Crippen LogP contribution is 2.19. The molecule has 0 aliphatic rings. The Labute approximate surface area is 140 Å². The van der Waals surface area contributed by atoms with Gasteiger partial charge in [0.25, 0.3) is 0 Å². The van der Waals surface area contributed by atoms with Crippen LogP contribution in [-0.2, 0) is 11.3 Å². The van der Waals surface area contributed by atoms with E-state index in [1.807, 2.05) is 57.3 Å². The molecule has 1 unspecified atom stereocenters. The zero-order valence-corrected chi connectivity index (χ0v) is 14.1. The van der Waals surface area contributed by atoms with Crippen LogP contribution in [0.1, 0.15) is 29.9 Å². The zero-order valence-electron chi connectivity index (χ0n) is 14.1. The number of nitrogens with one attached hydrogen (secondary N) is 2. The van der Waals surface area contributed by atoms with Crippen LogP contribution >= 0.6 is 0 Å². The first kappa shape index (κ1) is 16.0. The van der Waals surface area contributed by atoms with Crippen LogP contribution in [0.3, 0.4) is 0 Å². The molecule has 0 saturated carbocycles. The van der Waals surface area contributed by atoms with Crippen molar-refractivity contribution in [3.63, 3.8) is 0 Å². The Morgan fingerprint density at radius 1 is 1.25 bits per heavy atom. The average molecular weight is 323 g/mol. The van der Waals surface area contributed by atoms with Crippen molar-refractivity contribution in [2.75, 3.05) is 0 Å². The van der Waals surface area contributed by atoms with E-state index in [0.29, 0.717) is 6.54 Å². The first-order valence-electron chi connectivity index (χ1n) is 7.94. The van der Waals surface area contributed by atoms with E-state index in [-0.39, 0.29) is 11.9 Å². The smallest absolute Gasteiger partial charge is 0.244 e. The molecule has 3 rings (SSSR count). The summed E-state index contributed by atoms with van der Waals surface area (Å²) in [6, 6.07) is 9.61. The highest BCUT2D eigenvalue weighted by Gasteiger charge is 2.17. The molecule has 2 heterocycles. The lowest BCUT2D eigenvalue weighted by Crippen LogP contribution is -2.31. The molecule has 0 fully saturated rings. The van der Waals surface area contributed by atoms with Gasteiger partial charge in [-0.1, -0.05) is 30.3 Å². The van der Waals surface area contributed by atoms with Crippen molar-refractivity contribution in [1.29, 1.82) is 0 Å². The lowest BCUT2D eigenvalue weighted by molar-refractivity contribution is -0.124. The second kappa shape index (κ2) is 6.70. The lowest BCUT2D eigenvalue weighted by Gasteiger charge is -2.12. The van der Waals surface area contributed by atoms with E-state index in [9.17, 15) is 4.79 Å². The number of benzene rings is 1. The van der Waals surface area contributed by atoms with Gasteiger partial charge in [-0.3, -0.25) is 14.6 Å². The standard InChI is InChI=1S/C18H21N5O/c1-12-17(13(2)22-21-12)10-19-18(24)14(3)23-11-16(9-20-23)15-7-5-4-6-8-15/h4-9,11,14H,10H2,1-3H3,(H,19,24)(H,21,22). The average Bonchev–Trinajstić information content (AvgIpc) is 3.21. The number of aryl methyl sites for hydroxylation is 2. The summed E-state index contributed by atoms with van der Waals surface area (Å²) in [5.41, 5.74) is 5.00. The van der Waals surface area contributed by atoms with Crippen molar-refractivity contribution in [3.05, 3.63) is 59.7 Å². The number of aromatic nitrogens is 4. The fourth-order valence-electron chi connectivity index (χ4n) is 2.61. The molecule has 0 bridgehead atoms. The molecule has 2 N–H and O–H groups in total. The molecule has 2 aromatic heterocycles. The Morgan fingerprint density at radius 3 is 2.67 bits per heavy atom. The summed E-state index contributed by atoms with van der Waals surface area (Å²) in [5, 5.41) is 14.3. The first-order chi connectivity index (χ1) is 11.6. The summed E-state index contributed by atoms with van der Waals surface area (Å²) in [6.45, 7) is 6.18. The van der Waals surface area contributed by atoms with E-state index < -0.39 is 0 Å². The van der Waals surface area contributed by atoms with E-state index in [1.54, 1.807) is 10.9 Å². The number of rotatable bonds is 5. The van der Waals surface area contributed by atoms with E-state index in [1.165, 1.54) is 0 Å². The Balaban J connectivity index is 1.67. The highest BCUT2D eigenvalue weighted by atomic mass is 16.2. The van der Waals surface area contributed by atoms with Crippen LogP contribution in [0.15, 0.2) is 42.7 Å². The molecule has 6 heteroatoms. The van der Waals surface area contributed by atoms with Gasteiger partial charge in [0.1, 0.15) is 6.04 Å². The normalized spacial score (nSPS) is 12.1. The van der Waals surface area contributed by atoms with Gasteiger partial charge in [0.05, 0.1) is 11.9 Å². The summed E-state index contributed by atoms with van der Waals surface area (Å²) in [5.74, 6) is -0.0716. The van der Waals surface area contributed by atoms with Crippen LogP contribution in [0.5, 0.6) is 0 Å². The molecule has 1 atom stereocenters. The molecule has 0 radical (unpaired) electrons. The summed E-state index contributed by atoms with van der Waals surface area (Å²) < 4.78 is 1.69. The van der Waals surface area contributed by atoms with Crippen molar-refractivity contribution in [2.24, 2.45) is 0 Å². The number of carbonyl (C=O) groups excluding carboxylic acids is 1. The van der Waals surface area contributed by atoms with Crippen LogP contribution in [0.4, 0.5) is 0 Å². The minimum atomic E-state index is -0.380. The topological polar surface area (TPSA) is 75.6 Å². The van der Waals surface area contributed by atoms with Gasteiger partial charge < -0.3 is 5.32 Å². The minimum absolute atomic E-state index is 0.0716. The molecule has 0 spiro atoms. The minimum Gasteiger partial charge on any atom is -0.350 e. The van der Waals surface area contributed by atoms with Crippen LogP contribution in [-0.4, -0.2) is 25.9 Å². The van der Waals surface area contributed by atoms with Gasteiger partial charge in [-0.25, -0.2) is 0 Å². The Morgan fingerprint density at radius 2 is 2.00 bits per heavy atom. The van der Waals surface area contributed by atoms with E-state index in [4.69, 9.17) is 0 Å². The fraction of sp³-hybridized carbons (Fsp3) is 0.278. The molecule has 1 amide bonds. The number of nitrogens with zero attached hydrogens (tertiary/aromatic N) is 3. The van der Waals surface area contributed by atoms with Gasteiger partial charge in [-0.05, 0) is 26.3 Å². The summed E-state index contributed by atoms with van der Waals surface area (Å²) >= 11 is 0. The monoisotopic (exact) mass is 323 g/mol. The van der Waals surface area contributed by atoms with Gasteiger partial charge >= 0.3 is 0 Å².